The lowest BCUT2D eigenvalue weighted by Crippen LogP contribution is -2.55. The second-order valence-electron chi connectivity index (χ2n) is 8.26. The molecule has 1 aromatic carbocycles. The van der Waals surface area contributed by atoms with Crippen LogP contribution in [0.1, 0.15) is 56.4 Å². The quantitative estimate of drug-likeness (QED) is 0.800. The van der Waals surface area contributed by atoms with Gasteiger partial charge in [-0.2, -0.15) is 4.31 Å². The van der Waals surface area contributed by atoms with Crippen molar-refractivity contribution in [3.05, 3.63) is 29.8 Å². The number of halogens is 1. The number of piperazine rings is 1. The fraction of sp³-hybridized carbons (Fsp3) is 0.650. The first-order valence-corrected chi connectivity index (χ1v) is 11.5. The van der Waals surface area contributed by atoms with Crippen molar-refractivity contribution in [2.45, 2.75) is 61.3 Å². The van der Waals surface area contributed by atoms with Gasteiger partial charge in [0.1, 0.15) is 0 Å². The molecule has 0 spiro atoms. The van der Waals surface area contributed by atoms with E-state index < -0.39 is 15.6 Å². The molecule has 1 aliphatic heterocycles. The Morgan fingerprint density at radius 2 is 1.54 bits per heavy atom. The van der Waals surface area contributed by atoms with Crippen LogP contribution in [0.2, 0.25) is 0 Å². The van der Waals surface area contributed by atoms with Crippen LogP contribution in [-0.2, 0) is 14.8 Å². The number of rotatable bonds is 4. The minimum Gasteiger partial charge on any atom is -0.338 e. The van der Waals surface area contributed by atoms with Crippen molar-refractivity contribution in [2.24, 2.45) is 5.73 Å². The van der Waals surface area contributed by atoms with Crippen molar-refractivity contribution in [2.75, 3.05) is 26.2 Å². The predicted octanol–water partition coefficient (Wildman–Crippen LogP) is 2.48. The Kier molecular flexibility index (Phi) is 6.39. The van der Waals surface area contributed by atoms with Crippen molar-refractivity contribution >= 4 is 28.3 Å². The molecule has 0 unspecified atom stereocenters. The number of hydrogen-bond acceptors (Lipinski definition) is 4. The molecular weight excluding hydrogens is 398 g/mol. The van der Waals surface area contributed by atoms with Gasteiger partial charge >= 0.3 is 0 Å². The summed E-state index contributed by atoms with van der Waals surface area (Å²) >= 11 is 0. The number of nitrogens with two attached hydrogens (primary N) is 1. The third-order valence-electron chi connectivity index (χ3n) is 6.33. The van der Waals surface area contributed by atoms with Crippen LogP contribution in [0.4, 0.5) is 0 Å². The number of sulfonamides is 1. The first kappa shape index (κ1) is 21.6. The van der Waals surface area contributed by atoms with E-state index in [1.165, 1.54) is 42.0 Å². The molecule has 0 radical (unpaired) electrons. The Morgan fingerprint density at radius 3 is 2.07 bits per heavy atom. The molecule has 2 saturated carbocycles. The van der Waals surface area contributed by atoms with Gasteiger partial charge in [-0.15, -0.1) is 12.4 Å². The molecule has 0 bridgehead atoms. The summed E-state index contributed by atoms with van der Waals surface area (Å²) in [5, 5.41) is 0. The largest absolute Gasteiger partial charge is 0.338 e. The van der Waals surface area contributed by atoms with E-state index in [0.717, 1.165) is 12.8 Å². The Labute approximate surface area is 173 Å². The number of carbonyl (C=O) groups is 1. The van der Waals surface area contributed by atoms with Gasteiger partial charge in [-0.25, -0.2) is 8.42 Å². The van der Waals surface area contributed by atoms with E-state index in [-0.39, 0.29) is 18.3 Å². The second-order valence-corrected chi connectivity index (χ2v) is 10.2. The zero-order chi connectivity index (χ0) is 19.1. The van der Waals surface area contributed by atoms with Crippen LogP contribution < -0.4 is 5.73 Å². The van der Waals surface area contributed by atoms with Crippen molar-refractivity contribution in [3.63, 3.8) is 0 Å². The van der Waals surface area contributed by atoms with Gasteiger partial charge in [-0.3, -0.25) is 4.79 Å². The Morgan fingerprint density at radius 1 is 0.964 bits per heavy atom. The van der Waals surface area contributed by atoms with Crippen LogP contribution in [0.25, 0.3) is 0 Å². The van der Waals surface area contributed by atoms with Crippen LogP contribution in [0.3, 0.4) is 0 Å². The first-order valence-electron chi connectivity index (χ1n) is 10.1. The molecular formula is C20H30ClN3O3S. The van der Waals surface area contributed by atoms with Gasteiger partial charge in [0.25, 0.3) is 0 Å². The molecule has 1 heterocycles. The molecule has 8 heteroatoms. The predicted molar refractivity (Wildman–Crippen MR) is 111 cm³/mol. The Hall–Kier alpha value is -1.15. The minimum absolute atomic E-state index is 0. The summed E-state index contributed by atoms with van der Waals surface area (Å²) in [5.41, 5.74) is 6.55. The van der Waals surface area contributed by atoms with Crippen LogP contribution in [0.15, 0.2) is 29.2 Å². The molecule has 3 aliphatic rings. The van der Waals surface area contributed by atoms with Crippen molar-refractivity contribution in [1.82, 2.24) is 9.21 Å². The van der Waals surface area contributed by atoms with Crippen molar-refractivity contribution in [3.8, 4) is 0 Å². The van der Waals surface area contributed by atoms with Gasteiger partial charge in [0.15, 0.2) is 0 Å². The molecule has 2 aliphatic carbocycles. The fourth-order valence-corrected chi connectivity index (χ4v) is 5.71. The summed E-state index contributed by atoms with van der Waals surface area (Å²) in [6.07, 6.45) is 7.70. The number of benzene rings is 1. The van der Waals surface area contributed by atoms with Crippen molar-refractivity contribution < 1.29 is 13.2 Å². The molecule has 3 fully saturated rings. The van der Waals surface area contributed by atoms with Gasteiger partial charge in [0, 0.05) is 26.2 Å². The van der Waals surface area contributed by atoms with E-state index in [2.05, 4.69) is 0 Å². The standard InChI is InChI=1S/C20H29N3O3S.ClH/c21-20(10-11-20)19(24)22-12-14-23(15-13-22)27(25,26)18-8-6-17(7-9-18)16-4-2-1-3-5-16;/h6-9,16H,1-5,10-15,21H2;1H. The fourth-order valence-electron chi connectivity index (χ4n) is 4.29. The van der Waals surface area contributed by atoms with Crippen LogP contribution in [-0.4, -0.2) is 55.2 Å². The molecule has 156 valence electrons. The van der Waals surface area contributed by atoms with Gasteiger partial charge in [0.2, 0.25) is 15.9 Å². The maximum absolute atomic E-state index is 13.0. The number of carbonyl (C=O) groups excluding carboxylic acids is 1. The van der Waals surface area contributed by atoms with Gasteiger partial charge in [-0.1, -0.05) is 31.4 Å². The minimum atomic E-state index is -3.51. The molecule has 4 rings (SSSR count). The van der Waals surface area contributed by atoms with E-state index in [1.807, 2.05) is 12.1 Å². The summed E-state index contributed by atoms with van der Waals surface area (Å²) in [7, 11) is -3.51. The molecule has 6 nitrogen and oxygen atoms in total. The highest BCUT2D eigenvalue weighted by Crippen LogP contribution is 2.35. The zero-order valence-corrected chi connectivity index (χ0v) is 17.8. The SMILES string of the molecule is Cl.NC1(C(=O)N2CCN(S(=O)(=O)c3ccc(C4CCCCC4)cc3)CC2)CC1. The number of hydrogen-bond donors (Lipinski definition) is 1. The summed E-state index contributed by atoms with van der Waals surface area (Å²) < 4.78 is 27.4. The maximum atomic E-state index is 13.0. The normalized spacial score (nSPS) is 23.1. The van der Waals surface area contributed by atoms with E-state index in [9.17, 15) is 13.2 Å². The lowest BCUT2D eigenvalue weighted by molar-refractivity contribution is -0.134. The highest BCUT2D eigenvalue weighted by atomic mass is 35.5. The van der Waals surface area contributed by atoms with Crippen LogP contribution in [0, 0.1) is 0 Å². The third kappa shape index (κ3) is 4.22. The highest BCUT2D eigenvalue weighted by Gasteiger charge is 2.48. The topological polar surface area (TPSA) is 83.7 Å². The maximum Gasteiger partial charge on any atom is 0.243 e. The van der Waals surface area contributed by atoms with Gasteiger partial charge < -0.3 is 10.6 Å². The average molecular weight is 428 g/mol. The third-order valence-corrected chi connectivity index (χ3v) is 8.25. The lowest BCUT2D eigenvalue weighted by Gasteiger charge is -2.35. The molecule has 0 aromatic heterocycles. The molecule has 28 heavy (non-hydrogen) atoms. The summed E-state index contributed by atoms with van der Waals surface area (Å²) in [6.45, 7) is 1.48. The summed E-state index contributed by atoms with van der Waals surface area (Å²) in [6, 6.07) is 7.45. The van der Waals surface area contributed by atoms with E-state index >= 15 is 0 Å². The second kappa shape index (κ2) is 8.30. The van der Waals surface area contributed by atoms with Crippen LogP contribution in [0.5, 0.6) is 0 Å². The number of nitrogens with zero attached hydrogens (tertiary/aromatic N) is 2. The van der Waals surface area contributed by atoms with Gasteiger partial charge in [-0.05, 0) is 49.3 Å². The highest BCUT2D eigenvalue weighted by molar-refractivity contribution is 7.89. The smallest absolute Gasteiger partial charge is 0.243 e. The van der Waals surface area contributed by atoms with Crippen LogP contribution >= 0.6 is 12.4 Å². The first-order chi connectivity index (χ1) is 12.9. The molecule has 1 saturated heterocycles. The Balaban J connectivity index is 0.00000225. The Bertz CT molecular complexity index is 794. The van der Waals surface area contributed by atoms with E-state index in [1.54, 1.807) is 17.0 Å². The number of amides is 1. The molecule has 2 N–H and O–H groups in total. The monoisotopic (exact) mass is 427 g/mol. The molecule has 1 aromatic rings. The molecule has 0 atom stereocenters. The average Bonchev–Trinajstić information content (AvgIpc) is 3.47. The molecule has 1 amide bonds. The lowest BCUT2D eigenvalue weighted by atomic mass is 9.84. The van der Waals surface area contributed by atoms with E-state index in [0.29, 0.717) is 37.0 Å². The van der Waals surface area contributed by atoms with Crippen molar-refractivity contribution in [1.29, 1.82) is 0 Å². The zero-order valence-electron chi connectivity index (χ0n) is 16.2. The summed E-state index contributed by atoms with van der Waals surface area (Å²) in [5.74, 6) is 0.535. The van der Waals surface area contributed by atoms with Gasteiger partial charge in [0.05, 0.1) is 10.4 Å². The van der Waals surface area contributed by atoms with E-state index in [4.69, 9.17) is 5.73 Å². The summed E-state index contributed by atoms with van der Waals surface area (Å²) in [4.78, 5) is 14.4.